The summed E-state index contributed by atoms with van der Waals surface area (Å²) in [7, 11) is 0. The number of aryl methyl sites for hydroxylation is 2. The van der Waals surface area contributed by atoms with Crippen molar-refractivity contribution < 1.29 is 9.53 Å². The van der Waals surface area contributed by atoms with Crippen molar-refractivity contribution in [3.63, 3.8) is 0 Å². The molecule has 1 aromatic heterocycles. The predicted octanol–water partition coefficient (Wildman–Crippen LogP) is 3.34. The van der Waals surface area contributed by atoms with Gasteiger partial charge in [0, 0.05) is 19.6 Å². The average Bonchev–Trinajstić information content (AvgIpc) is 3.26. The number of ether oxygens (including phenoxy) is 1. The van der Waals surface area contributed by atoms with Crippen LogP contribution in [0.1, 0.15) is 34.5 Å². The molecule has 0 aliphatic carbocycles. The second-order valence-electron chi connectivity index (χ2n) is 7.41. The highest BCUT2D eigenvalue weighted by Gasteiger charge is 2.26. The third kappa shape index (κ3) is 5.29. The lowest BCUT2D eigenvalue weighted by Gasteiger charge is -2.32. The van der Waals surface area contributed by atoms with Gasteiger partial charge in [-0.05, 0) is 30.4 Å². The molecule has 0 saturated carbocycles. The van der Waals surface area contributed by atoms with Crippen LogP contribution in [0.3, 0.4) is 0 Å². The number of likely N-dealkylation sites (tertiary alicyclic amines) is 1. The first-order valence-corrected chi connectivity index (χ1v) is 10.2. The van der Waals surface area contributed by atoms with E-state index in [4.69, 9.17) is 4.74 Å². The quantitative estimate of drug-likeness (QED) is 0.621. The molecule has 2 heterocycles. The molecule has 6 nitrogen and oxygen atoms in total. The first-order chi connectivity index (χ1) is 14.3. The van der Waals surface area contributed by atoms with E-state index >= 15 is 0 Å². The van der Waals surface area contributed by atoms with Crippen LogP contribution in [-0.2, 0) is 24.3 Å². The highest BCUT2D eigenvalue weighted by molar-refractivity contribution is 5.92. The predicted molar refractivity (Wildman–Crippen MR) is 110 cm³/mol. The van der Waals surface area contributed by atoms with Crippen molar-refractivity contribution in [2.24, 2.45) is 0 Å². The van der Waals surface area contributed by atoms with E-state index in [2.05, 4.69) is 34.6 Å². The minimum absolute atomic E-state index is 0.0565. The summed E-state index contributed by atoms with van der Waals surface area (Å²) in [6.45, 7) is 2.61. The van der Waals surface area contributed by atoms with Gasteiger partial charge < -0.3 is 9.64 Å². The summed E-state index contributed by atoms with van der Waals surface area (Å²) in [5, 5.41) is 8.23. The fourth-order valence-corrected chi connectivity index (χ4v) is 3.60. The molecular weight excluding hydrogens is 364 g/mol. The van der Waals surface area contributed by atoms with Crippen molar-refractivity contribution >= 4 is 5.91 Å². The van der Waals surface area contributed by atoms with Crippen LogP contribution in [0, 0.1) is 0 Å². The summed E-state index contributed by atoms with van der Waals surface area (Å²) < 4.78 is 7.79. The van der Waals surface area contributed by atoms with E-state index in [9.17, 15) is 4.79 Å². The molecule has 6 heteroatoms. The summed E-state index contributed by atoms with van der Waals surface area (Å²) in [5.74, 6) is -0.0658. The normalized spacial score (nSPS) is 16.7. The molecule has 0 unspecified atom stereocenters. The van der Waals surface area contributed by atoms with Crippen LogP contribution in [0.15, 0.2) is 66.9 Å². The number of aromatic nitrogens is 3. The molecule has 1 atom stereocenters. The molecule has 0 spiro atoms. The molecule has 1 aliphatic rings. The Labute approximate surface area is 171 Å². The average molecular weight is 390 g/mol. The first kappa shape index (κ1) is 19.3. The van der Waals surface area contributed by atoms with Gasteiger partial charge >= 0.3 is 0 Å². The smallest absolute Gasteiger partial charge is 0.276 e. The number of benzene rings is 2. The molecule has 4 rings (SSSR count). The number of nitrogens with zero attached hydrogens (tertiary/aromatic N) is 4. The number of carbonyl (C=O) groups excluding carboxylic acids is 1. The molecule has 0 bridgehead atoms. The van der Waals surface area contributed by atoms with E-state index in [1.54, 1.807) is 10.9 Å². The van der Waals surface area contributed by atoms with E-state index in [0.717, 1.165) is 31.4 Å². The van der Waals surface area contributed by atoms with Crippen LogP contribution in [-0.4, -0.2) is 45.0 Å². The molecule has 3 aromatic rings. The number of rotatable bonds is 7. The molecule has 150 valence electrons. The SMILES string of the molecule is O=C(c1cn(CCc2ccccc2)nn1)N1CCC[C@H](OCc2ccccc2)C1. The Morgan fingerprint density at radius 1 is 1.03 bits per heavy atom. The van der Waals surface area contributed by atoms with Crippen molar-refractivity contribution in [2.75, 3.05) is 13.1 Å². The van der Waals surface area contributed by atoms with Gasteiger partial charge in [0.2, 0.25) is 0 Å². The van der Waals surface area contributed by atoms with Crippen molar-refractivity contribution in [1.82, 2.24) is 19.9 Å². The fourth-order valence-electron chi connectivity index (χ4n) is 3.60. The van der Waals surface area contributed by atoms with E-state index in [0.29, 0.717) is 25.4 Å². The minimum atomic E-state index is -0.0658. The van der Waals surface area contributed by atoms with Crippen LogP contribution in [0.2, 0.25) is 0 Å². The topological polar surface area (TPSA) is 60.2 Å². The van der Waals surface area contributed by atoms with Gasteiger partial charge in [-0.25, -0.2) is 0 Å². The van der Waals surface area contributed by atoms with Gasteiger partial charge in [-0.15, -0.1) is 5.10 Å². The van der Waals surface area contributed by atoms with Crippen LogP contribution in [0.5, 0.6) is 0 Å². The van der Waals surface area contributed by atoms with Gasteiger partial charge in [-0.1, -0.05) is 65.9 Å². The van der Waals surface area contributed by atoms with E-state index < -0.39 is 0 Å². The van der Waals surface area contributed by atoms with Crippen LogP contribution in [0.25, 0.3) is 0 Å². The molecule has 1 aliphatic heterocycles. The first-order valence-electron chi connectivity index (χ1n) is 10.2. The molecule has 1 amide bonds. The van der Waals surface area contributed by atoms with E-state index in [1.807, 2.05) is 41.3 Å². The van der Waals surface area contributed by atoms with Crippen LogP contribution in [0.4, 0.5) is 0 Å². The summed E-state index contributed by atoms with van der Waals surface area (Å²) in [4.78, 5) is 14.7. The maximum absolute atomic E-state index is 12.9. The fraction of sp³-hybridized carbons (Fsp3) is 0.348. The number of hydrogen-bond acceptors (Lipinski definition) is 4. The zero-order valence-electron chi connectivity index (χ0n) is 16.5. The Bertz CT molecular complexity index is 911. The van der Waals surface area contributed by atoms with Gasteiger partial charge in [-0.2, -0.15) is 0 Å². The molecule has 1 fully saturated rings. The molecule has 1 saturated heterocycles. The molecular formula is C23H26N4O2. The Morgan fingerprint density at radius 2 is 1.76 bits per heavy atom. The van der Waals surface area contributed by atoms with Gasteiger partial charge in [0.05, 0.1) is 18.9 Å². The molecule has 0 radical (unpaired) electrons. The van der Waals surface area contributed by atoms with Crippen LogP contribution < -0.4 is 0 Å². The van der Waals surface area contributed by atoms with Gasteiger partial charge in [0.25, 0.3) is 5.91 Å². The largest absolute Gasteiger partial charge is 0.372 e. The van der Waals surface area contributed by atoms with Gasteiger partial charge in [0.15, 0.2) is 5.69 Å². The maximum Gasteiger partial charge on any atom is 0.276 e. The lowest BCUT2D eigenvalue weighted by atomic mass is 10.1. The van der Waals surface area contributed by atoms with Crippen molar-refractivity contribution in [1.29, 1.82) is 0 Å². The second kappa shape index (κ2) is 9.47. The lowest BCUT2D eigenvalue weighted by molar-refractivity contribution is -0.00689. The minimum Gasteiger partial charge on any atom is -0.372 e. The Morgan fingerprint density at radius 3 is 2.52 bits per heavy atom. The van der Waals surface area contributed by atoms with Crippen molar-refractivity contribution in [3.8, 4) is 0 Å². The second-order valence-corrected chi connectivity index (χ2v) is 7.41. The van der Waals surface area contributed by atoms with Crippen molar-refractivity contribution in [2.45, 2.75) is 38.5 Å². The monoisotopic (exact) mass is 390 g/mol. The van der Waals surface area contributed by atoms with Gasteiger partial charge in [-0.3, -0.25) is 9.48 Å². The third-order valence-corrected chi connectivity index (χ3v) is 5.22. The summed E-state index contributed by atoms with van der Waals surface area (Å²) in [6.07, 6.45) is 4.57. The number of carbonyl (C=O) groups is 1. The van der Waals surface area contributed by atoms with Crippen LogP contribution >= 0.6 is 0 Å². The Kier molecular flexibility index (Phi) is 6.32. The summed E-state index contributed by atoms with van der Waals surface area (Å²) in [6, 6.07) is 20.4. The highest BCUT2D eigenvalue weighted by Crippen LogP contribution is 2.17. The third-order valence-electron chi connectivity index (χ3n) is 5.22. The van der Waals surface area contributed by atoms with E-state index in [-0.39, 0.29) is 12.0 Å². The molecule has 0 N–H and O–H groups in total. The maximum atomic E-state index is 12.9. The summed E-state index contributed by atoms with van der Waals surface area (Å²) >= 11 is 0. The van der Waals surface area contributed by atoms with E-state index in [1.165, 1.54) is 5.56 Å². The molecule has 2 aromatic carbocycles. The number of hydrogen-bond donors (Lipinski definition) is 0. The highest BCUT2D eigenvalue weighted by atomic mass is 16.5. The Balaban J connectivity index is 1.30. The number of amides is 1. The zero-order valence-corrected chi connectivity index (χ0v) is 16.5. The summed E-state index contributed by atoms with van der Waals surface area (Å²) in [5.41, 5.74) is 2.80. The Hall–Kier alpha value is -2.99. The standard InChI is InChI=1S/C23H26N4O2/c28-23(22-17-27(25-24-22)15-13-19-8-3-1-4-9-19)26-14-7-12-21(16-26)29-18-20-10-5-2-6-11-20/h1-6,8-11,17,21H,7,12-16,18H2/t21-/m0/s1. The molecule has 29 heavy (non-hydrogen) atoms. The van der Waals surface area contributed by atoms with Crippen molar-refractivity contribution in [3.05, 3.63) is 83.7 Å². The number of piperidine rings is 1. The zero-order chi connectivity index (χ0) is 19.9. The lowest BCUT2D eigenvalue weighted by Crippen LogP contribution is -2.43. The van der Waals surface area contributed by atoms with Gasteiger partial charge in [0.1, 0.15) is 0 Å².